The SMILES string of the molecule is CCCCC[C@@H](N)c1cc(C(F)(F)F)ccc1Br.Cl. The number of hydrogen-bond acceptors (Lipinski definition) is 1. The molecule has 1 atom stereocenters. The van der Waals surface area contributed by atoms with Crippen molar-refractivity contribution in [2.45, 2.75) is 44.8 Å². The van der Waals surface area contributed by atoms with Crippen LogP contribution in [0.4, 0.5) is 13.2 Å². The zero-order chi connectivity index (χ0) is 13.8. The standard InChI is InChI=1S/C13H17BrF3N.ClH/c1-2-3-4-5-12(18)10-8-9(13(15,16)17)6-7-11(10)14;/h6-8,12H,2-5,18H2,1H3;1H/t12-;/m1./s1. The predicted molar refractivity (Wildman–Crippen MR) is 77.5 cm³/mol. The molecule has 0 unspecified atom stereocenters. The van der Waals surface area contributed by atoms with Crippen molar-refractivity contribution in [1.82, 2.24) is 0 Å². The Morgan fingerprint density at radius 3 is 2.42 bits per heavy atom. The molecule has 0 heterocycles. The molecular formula is C13H18BrClF3N. The molecule has 1 nitrogen and oxygen atoms in total. The normalized spacial score (nSPS) is 12.9. The zero-order valence-electron chi connectivity index (χ0n) is 10.6. The van der Waals surface area contributed by atoms with E-state index in [4.69, 9.17) is 5.73 Å². The molecule has 0 saturated carbocycles. The molecule has 1 aromatic carbocycles. The van der Waals surface area contributed by atoms with E-state index >= 15 is 0 Å². The molecule has 0 aliphatic heterocycles. The number of unbranched alkanes of at least 4 members (excludes halogenated alkanes) is 2. The topological polar surface area (TPSA) is 26.0 Å². The van der Waals surface area contributed by atoms with Gasteiger partial charge in [0.05, 0.1) is 5.56 Å². The van der Waals surface area contributed by atoms with Crippen LogP contribution >= 0.6 is 28.3 Å². The van der Waals surface area contributed by atoms with Gasteiger partial charge >= 0.3 is 6.18 Å². The highest BCUT2D eigenvalue weighted by atomic mass is 79.9. The third kappa shape index (κ3) is 5.71. The number of alkyl halides is 3. The summed E-state index contributed by atoms with van der Waals surface area (Å²) in [6.45, 7) is 2.08. The van der Waals surface area contributed by atoms with Crippen LogP contribution in [0.25, 0.3) is 0 Å². The smallest absolute Gasteiger partial charge is 0.324 e. The summed E-state index contributed by atoms with van der Waals surface area (Å²) < 4.78 is 38.5. The molecule has 1 aromatic rings. The monoisotopic (exact) mass is 359 g/mol. The third-order valence-corrected chi connectivity index (χ3v) is 3.56. The van der Waals surface area contributed by atoms with E-state index in [1.165, 1.54) is 6.07 Å². The summed E-state index contributed by atoms with van der Waals surface area (Å²) in [7, 11) is 0. The van der Waals surface area contributed by atoms with Crippen LogP contribution < -0.4 is 5.73 Å². The Morgan fingerprint density at radius 1 is 1.26 bits per heavy atom. The molecule has 19 heavy (non-hydrogen) atoms. The van der Waals surface area contributed by atoms with Crippen molar-refractivity contribution < 1.29 is 13.2 Å². The minimum atomic E-state index is -4.32. The Balaban J connectivity index is 0.00000324. The molecule has 110 valence electrons. The number of rotatable bonds is 5. The van der Waals surface area contributed by atoms with Crippen LogP contribution in [-0.4, -0.2) is 0 Å². The summed E-state index contributed by atoms with van der Waals surface area (Å²) >= 11 is 3.26. The summed E-state index contributed by atoms with van der Waals surface area (Å²) in [6, 6.07) is 3.26. The maximum Gasteiger partial charge on any atom is 0.416 e. The first kappa shape index (κ1) is 18.7. The van der Waals surface area contributed by atoms with Crippen LogP contribution in [0, 0.1) is 0 Å². The summed E-state index contributed by atoms with van der Waals surface area (Å²) in [5.74, 6) is 0. The summed E-state index contributed by atoms with van der Waals surface area (Å²) in [5.41, 5.74) is 5.83. The second kappa shape index (κ2) is 8.12. The first-order valence-electron chi connectivity index (χ1n) is 5.98. The van der Waals surface area contributed by atoms with Crippen molar-refractivity contribution in [3.05, 3.63) is 33.8 Å². The average Bonchev–Trinajstić information content (AvgIpc) is 2.28. The van der Waals surface area contributed by atoms with Gasteiger partial charge in [-0.05, 0) is 30.2 Å². The highest BCUT2D eigenvalue weighted by Gasteiger charge is 2.31. The number of hydrogen-bond donors (Lipinski definition) is 1. The summed E-state index contributed by atoms with van der Waals surface area (Å²) in [6.07, 6.45) is -0.576. The fourth-order valence-electron chi connectivity index (χ4n) is 1.77. The molecule has 0 aliphatic carbocycles. The Labute approximate surface area is 126 Å². The van der Waals surface area contributed by atoms with E-state index in [0.717, 1.165) is 31.4 Å². The molecule has 0 radical (unpaired) electrons. The molecule has 2 N–H and O–H groups in total. The Kier molecular flexibility index (Phi) is 8.01. The van der Waals surface area contributed by atoms with Crippen LogP contribution in [0.15, 0.2) is 22.7 Å². The van der Waals surface area contributed by atoms with Gasteiger partial charge in [-0.2, -0.15) is 13.2 Å². The van der Waals surface area contributed by atoms with E-state index in [1.54, 1.807) is 0 Å². The van der Waals surface area contributed by atoms with E-state index in [-0.39, 0.29) is 18.4 Å². The lowest BCUT2D eigenvalue weighted by Gasteiger charge is -2.16. The van der Waals surface area contributed by atoms with Gasteiger partial charge in [0.25, 0.3) is 0 Å². The van der Waals surface area contributed by atoms with E-state index in [2.05, 4.69) is 22.9 Å². The fourth-order valence-corrected chi connectivity index (χ4v) is 2.31. The van der Waals surface area contributed by atoms with Crippen LogP contribution in [0.1, 0.15) is 49.8 Å². The minimum Gasteiger partial charge on any atom is -0.324 e. The van der Waals surface area contributed by atoms with Crippen molar-refractivity contribution >= 4 is 28.3 Å². The van der Waals surface area contributed by atoms with Gasteiger partial charge in [0.2, 0.25) is 0 Å². The van der Waals surface area contributed by atoms with E-state index in [1.807, 2.05) is 0 Å². The molecular weight excluding hydrogens is 343 g/mol. The van der Waals surface area contributed by atoms with E-state index in [9.17, 15) is 13.2 Å². The van der Waals surface area contributed by atoms with Crippen LogP contribution in [0.2, 0.25) is 0 Å². The summed E-state index contributed by atoms with van der Waals surface area (Å²) in [4.78, 5) is 0. The molecule has 0 aliphatic rings. The first-order chi connectivity index (χ1) is 8.36. The number of halogens is 5. The number of benzene rings is 1. The number of nitrogens with two attached hydrogens (primary N) is 1. The second-order valence-electron chi connectivity index (χ2n) is 4.34. The molecule has 0 spiro atoms. The Bertz CT molecular complexity index is 396. The van der Waals surface area contributed by atoms with Crippen LogP contribution in [-0.2, 0) is 6.18 Å². The molecule has 6 heteroatoms. The Hall–Kier alpha value is -0.260. The largest absolute Gasteiger partial charge is 0.416 e. The maximum absolute atomic E-state index is 12.6. The second-order valence-corrected chi connectivity index (χ2v) is 5.19. The summed E-state index contributed by atoms with van der Waals surface area (Å²) in [5, 5.41) is 0. The highest BCUT2D eigenvalue weighted by Crippen LogP contribution is 2.34. The third-order valence-electron chi connectivity index (χ3n) is 2.84. The molecule has 1 rings (SSSR count). The minimum absolute atomic E-state index is 0. The van der Waals surface area contributed by atoms with Gasteiger partial charge in [0, 0.05) is 10.5 Å². The van der Waals surface area contributed by atoms with Gasteiger partial charge in [0.15, 0.2) is 0 Å². The van der Waals surface area contributed by atoms with Gasteiger partial charge in [-0.3, -0.25) is 0 Å². The quantitative estimate of drug-likeness (QED) is 0.692. The van der Waals surface area contributed by atoms with Crippen molar-refractivity contribution in [3.63, 3.8) is 0 Å². The molecule has 0 bridgehead atoms. The Morgan fingerprint density at radius 2 is 1.89 bits per heavy atom. The van der Waals surface area contributed by atoms with Crippen LogP contribution in [0.3, 0.4) is 0 Å². The van der Waals surface area contributed by atoms with Gasteiger partial charge in [-0.25, -0.2) is 0 Å². The van der Waals surface area contributed by atoms with Crippen molar-refractivity contribution in [3.8, 4) is 0 Å². The predicted octanol–water partition coefficient (Wildman–Crippen LogP) is 5.47. The fraction of sp³-hybridized carbons (Fsp3) is 0.538. The van der Waals surface area contributed by atoms with Gasteiger partial charge in [-0.15, -0.1) is 12.4 Å². The lowest BCUT2D eigenvalue weighted by molar-refractivity contribution is -0.137. The molecule has 0 saturated heterocycles. The average molecular weight is 361 g/mol. The van der Waals surface area contributed by atoms with Crippen LogP contribution in [0.5, 0.6) is 0 Å². The van der Waals surface area contributed by atoms with E-state index in [0.29, 0.717) is 16.5 Å². The van der Waals surface area contributed by atoms with Gasteiger partial charge < -0.3 is 5.73 Å². The highest BCUT2D eigenvalue weighted by molar-refractivity contribution is 9.10. The van der Waals surface area contributed by atoms with E-state index < -0.39 is 11.7 Å². The lowest BCUT2D eigenvalue weighted by atomic mass is 9.99. The molecule has 0 amide bonds. The molecule has 0 aromatic heterocycles. The van der Waals surface area contributed by atoms with Crippen molar-refractivity contribution in [1.29, 1.82) is 0 Å². The van der Waals surface area contributed by atoms with Gasteiger partial charge in [-0.1, -0.05) is 42.1 Å². The lowest BCUT2D eigenvalue weighted by Crippen LogP contribution is -2.13. The zero-order valence-corrected chi connectivity index (χ0v) is 13.0. The van der Waals surface area contributed by atoms with Crippen molar-refractivity contribution in [2.24, 2.45) is 5.73 Å². The maximum atomic E-state index is 12.6. The first-order valence-corrected chi connectivity index (χ1v) is 6.77. The van der Waals surface area contributed by atoms with Gasteiger partial charge in [0.1, 0.15) is 0 Å². The van der Waals surface area contributed by atoms with Crippen molar-refractivity contribution in [2.75, 3.05) is 0 Å². The molecule has 0 fully saturated rings.